The molecule has 0 radical (unpaired) electrons. The van der Waals surface area contributed by atoms with E-state index in [-0.39, 0.29) is 63.1 Å². The minimum atomic E-state index is -4.56. The number of pyridine rings is 1. The lowest BCUT2D eigenvalue weighted by molar-refractivity contribution is -0.197. The number of imide groups is 1. The molecule has 10 rings (SSSR count). The van der Waals surface area contributed by atoms with Crippen LogP contribution in [-0.2, 0) is 34.4 Å². The lowest BCUT2D eigenvalue weighted by Gasteiger charge is -2.41. The van der Waals surface area contributed by atoms with Gasteiger partial charge in [-0.2, -0.15) is 18.3 Å². The van der Waals surface area contributed by atoms with Crippen molar-refractivity contribution >= 4 is 78.7 Å². The van der Waals surface area contributed by atoms with E-state index in [1.807, 2.05) is 41.3 Å². The summed E-state index contributed by atoms with van der Waals surface area (Å²) in [6.07, 6.45) is -3.16. The molecule has 3 aromatic heterocycles. The second kappa shape index (κ2) is 20.6. The highest BCUT2D eigenvalue weighted by Gasteiger charge is 2.46. The van der Waals surface area contributed by atoms with E-state index in [0.717, 1.165) is 21.3 Å². The van der Waals surface area contributed by atoms with Gasteiger partial charge in [-0.05, 0) is 103 Å². The van der Waals surface area contributed by atoms with Crippen LogP contribution in [0.1, 0.15) is 68.4 Å². The summed E-state index contributed by atoms with van der Waals surface area (Å²) >= 11 is 1.39. The Kier molecular flexibility index (Phi) is 13.9. The number of aryl methyl sites for hydroxylation is 1. The van der Waals surface area contributed by atoms with E-state index < -0.39 is 42.5 Å². The predicted octanol–water partition coefficient (Wildman–Crippen LogP) is 7.54. The smallest absolute Gasteiger partial charge is 0.405 e. The first kappa shape index (κ1) is 49.8. The second-order valence-corrected chi connectivity index (χ2v) is 19.7. The van der Waals surface area contributed by atoms with E-state index in [1.165, 1.54) is 21.1 Å². The molecule has 382 valence electrons. The lowest BCUT2D eigenvalue weighted by Crippen LogP contribution is -2.60. The average molecular weight is 1030 g/mol. The monoisotopic (exact) mass is 1030 g/mol. The molecule has 3 aliphatic rings. The van der Waals surface area contributed by atoms with Crippen LogP contribution in [0.4, 0.5) is 29.8 Å². The van der Waals surface area contributed by atoms with Gasteiger partial charge in [0, 0.05) is 74.9 Å². The Labute approximate surface area is 426 Å². The molecule has 4 aromatic carbocycles. The van der Waals surface area contributed by atoms with Crippen LogP contribution in [0.3, 0.4) is 0 Å². The number of amides is 4. The van der Waals surface area contributed by atoms with Gasteiger partial charge < -0.3 is 20.1 Å². The Morgan fingerprint density at radius 3 is 2.54 bits per heavy atom. The maximum absolute atomic E-state index is 14.6. The first-order valence-corrected chi connectivity index (χ1v) is 25.0. The predicted molar refractivity (Wildman–Crippen MR) is 273 cm³/mol. The molecule has 21 heteroatoms. The summed E-state index contributed by atoms with van der Waals surface area (Å²) in [5.74, 6) is -2.45. The highest BCUT2D eigenvalue weighted by atomic mass is 32.1. The summed E-state index contributed by atoms with van der Waals surface area (Å²) in [6, 6.07) is 25.2. The number of para-hydroxylation sites is 1. The topological polar surface area (TPSA) is 204 Å². The standard InChI is InChI=1S/C53H51F3N10O7S/c1-30-33(34-16-18-44(59-48(34)51(71)72)66-22-20-31-8-5-10-35(38(31)27-66)49(69)61-52-58-39-11-3-4-13-42(39)74-52)9-6-12-41(30)73-25-7-21-65-24-23-64(28-43(65)53(54,55)56)29-46(68)57-32-14-15-36-40(26-32)63(2)62-47(36)37-17-19-45(67)60-50(37)70/h3-6,8-16,18,26,37,43H,7,17,19-25,27-29H2,1-2H3,(H,57,68)(H,71,72)(H,58,61,69)(H,60,67,70)/t37?,43-/m1/s1. The van der Waals surface area contributed by atoms with Gasteiger partial charge in [-0.15, -0.1) is 0 Å². The number of hydrogen-bond donors (Lipinski definition) is 4. The number of carbonyl (C=O) groups excluding carboxylic acids is 4. The van der Waals surface area contributed by atoms with Crippen LogP contribution in [0, 0.1) is 6.92 Å². The zero-order chi connectivity index (χ0) is 51.8. The SMILES string of the molecule is Cc1c(OCCCN2CCN(CC(=O)Nc3ccc4c(C5CCC(=O)NC5=O)nn(C)c4c3)C[C@@H]2C(F)(F)F)cccc1-c1ccc(N2CCc3cccc(C(=O)Nc4nc5ccccc5s4)c3C2)nc1C(=O)O. The first-order valence-electron chi connectivity index (χ1n) is 24.2. The molecule has 74 heavy (non-hydrogen) atoms. The number of nitrogens with zero attached hydrogens (tertiary/aromatic N) is 7. The molecular weight excluding hydrogens is 978 g/mol. The fraction of sp³-hybridized carbons (Fsp3) is 0.321. The second-order valence-electron chi connectivity index (χ2n) is 18.7. The number of thiazole rings is 1. The third kappa shape index (κ3) is 10.4. The molecule has 1 unspecified atom stereocenters. The van der Waals surface area contributed by atoms with Gasteiger partial charge in [-0.3, -0.25) is 44.3 Å². The van der Waals surface area contributed by atoms with E-state index >= 15 is 0 Å². The number of carbonyl (C=O) groups is 5. The van der Waals surface area contributed by atoms with Crippen LogP contribution in [-0.4, -0.2) is 122 Å². The molecule has 6 heterocycles. The molecule has 17 nitrogen and oxygen atoms in total. The number of carboxylic acids is 1. The fourth-order valence-electron chi connectivity index (χ4n) is 10.2. The van der Waals surface area contributed by atoms with Crippen LogP contribution in [0.2, 0.25) is 0 Å². The van der Waals surface area contributed by atoms with Crippen LogP contribution in [0.25, 0.3) is 32.2 Å². The van der Waals surface area contributed by atoms with Crippen molar-refractivity contribution in [2.75, 3.05) is 61.4 Å². The highest BCUT2D eigenvalue weighted by Crippen LogP contribution is 2.36. The minimum absolute atomic E-state index is 0.0719. The van der Waals surface area contributed by atoms with Gasteiger partial charge in [0.15, 0.2) is 10.8 Å². The van der Waals surface area contributed by atoms with Gasteiger partial charge in [-0.1, -0.05) is 47.7 Å². The molecule has 4 amide bonds. The Bertz CT molecular complexity index is 3330. The van der Waals surface area contributed by atoms with Crippen molar-refractivity contribution in [2.24, 2.45) is 7.05 Å². The number of piperidine rings is 1. The van der Waals surface area contributed by atoms with E-state index in [4.69, 9.17) is 4.74 Å². The highest BCUT2D eigenvalue weighted by molar-refractivity contribution is 7.22. The van der Waals surface area contributed by atoms with Crippen LogP contribution in [0.5, 0.6) is 5.75 Å². The summed E-state index contributed by atoms with van der Waals surface area (Å²) in [5, 5.41) is 24.3. The quantitative estimate of drug-likeness (QED) is 0.0615. The molecule has 0 aliphatic carbocycles. The van der Waals surface area contributed by atoms with E-state index in [1.54, 1.807) is 73.3 Å². The van der Waals surface area contributed by atoms with Crippen molar-refractivity contribution in [1.29, 1.82) is 0 Å². The Morgan fingerprint density at radius 2 is 1.74 bits per heavy atom. The number of fused-ring (bicyclic) bond motifs is 3. The van der Waals surface area contributed by atoms with Crippen molar-refractivity contribution in [1.82, 2.24) is 34.9 Å². The molecule has 3 aliphatic heterocycles. The van der Waals surface area contributed by atoms with Crippen molar-refractivity contribution < 1.29 is 47.0 Å². The van der Waals surface area contributed by atoms with Gasteiger partial charge in [0.25, 0.3) is 5.91 Å². The Hall–Kier alpha value is -7.75. The number of alkyl halides is 3. The van der Waals surface area contributed by atoms with Crippen molar-refractivity contribution in [2.45, 2.75) is 57.3 Å². The number of hydrogen-bond acceptors (Lipinski definition) is 13. The van der Waals surface area contributed by atoms with E-state index in [9.17, 15) is 42.3 Å². The minimum Gasteiger partial charge on any atom is -0.493 e. The molecule has 0 saturated carbocycles. The van der Waals surface area contributed by atoms with Crippen LogP contribution < -0.4 is 25.6 Å². The number of rotatable bonds is 14. The molecular formula is C53H51F3N10O7S. The molecule has 2 fully saturated rings. The first-order chi connectivity index (χ1) is 35.6. The van der Waals surface area contributed by atoms with Crippen LogP contribution >= 0.6 is 11.3 Å². The summed E-state index contributed by atoms with van der Waals surface area (Å²) < 4.78 is 52.3. The number of halogens is 3. The largest absolute Gasteiger partial charge is 0.493 e. The third-order valence-corrected chi connectivity index (χ3v) is 14.9. The summed E-state index contributed by atoms with van der Waals surface area (Å²) in [6.45, 7) is 2.48. The number of carboxylic acid groups (broad SMARTS) is 1. The van der Waals surface area contributed by atoms with Gasteiger partial charge >= 0.3 is 12.1 Å². The Balaban J connectivity index is 0.745. The number of benzene rings is 4. The maximum atomic E-state index is 14.6. The summed E-state index contributed by atoms with van der Waals surface area (Å²) in [4.78, 5) is 77.9. The summed E-state index contributed by atoms with van der Waals surface area (Å²) in [7, 11) is 1.70. The molecule has 0 bridgehead atoms. The molecule has 7 aromatic rings. The maximum Gasteiger partial charge on any atom is 0.405 e. The molecule has 2 saturated heterocycles. The molecule has 2 atom stereocenters. The van der Waals surface area contributed by atoms with Gasteiger partial charge in [-0.25, -0.2) is 14.8 Å². The van der Waals surface area contributed by atoms with Crippen molar-refractivity contribution in [3.8, 4) is 16.9 Å². The zero-order valence-electron chi connectivity index (χ0n) is 40.4. The number of anilines is 3. The number of piperazine rings is 1. The zero-order valence-corrected chi connectivity index (χ0v) is 41.2. The number of aromatic nitrogens is 4. The van der Waals surface area contributed by atoms with Crippen molar-refractivity contribution in [3.05, 3.63) is 125 Å². The van der Waals surface area contributed by atoms with Crippen molar-refractivity contribution in [3.63, 3.8) is 0 Å². The number of aromatic carboxylic acids is 1. The van der Waals surface area contributed by atoms with E-state index in [2.05, 4.69) is 31.0 Å². The average Bonchev–Trinajstić information content (AvgIpc) is 3.94. The normalized spacial score (nSPS) is 17.6. The number of ether oxygens (including phenoxy) is 1. The van der Waals surface area contributed by atoms with Crippen LogP contribution in [0.15, 0.2) is 91.0 Å². The Morgan fingerprint density at radius 1 is 0.919 bits per heavy atom. The van der Waals surface area contributed by atoms with Gasteiger partial charge in [0.1, 0.15) is 17.6 Å². The van der Waals surface area contributed by atoms with Gasteiger partial charge in [0.05, 0.1) is 40.5 Å². The number of nitrogens with one attached hydrogen (secondary N) is 3. The molecule has 4 N–H and O–H groups in total. The lowest BCUT2D eigenvalue weighted by atomic mass is 9.93. The third-order valence-electron chi connectivity index (χ3n) is 13.9. The van der Waals surface area contributed by atoms with E-state index in [0.29, 0.717) is 87.2 Å². The molecule has 0 spiro atoms. The fourth-order valence-corrected chi connectivity index (χ4v) is 11.0. The van der Waals surface area contributed by atoms with Gasteiger partial charge in [0.2, 0.25) is 17.7 Å². The summed E-state index contributed by atoms with van der Waals surface area (Å²) in [5.41, 5.74) is 6.12.